The van der Waals surface area contributed by atoms with E-state index in [1.165, 1.54) is 49.5 Å². The topological polar surface area (TPSA) is 0 Å². The van der Waals surface area contributed by atoms with Crippen molar-refractivity contribution < 1.29 is 0 Å². The zero-order chi connectivity index (χ0) is 18.0. The molecule has 0 aromatic heterocycles. The molecule has 4 bridgehead atoms. The van der Waals surface area contributed by atoms with Crippen LogP contribution in [0.1, 0.15) is 44.1 Å². The number of benzene rings is 3. The van der Waals surface area contributed by atoms with Crippen LogP contribution in [0.15, 0.2) is 60.7 Å². The molecule has 0 amide bonds. The van der Waals surface area contributed by atoms with Gasteiger partial charge < -0.3 is 0 Å². The third-order valence-corrected chi connectivity index (χ3v) is 8.12. The van der Waals surface area contributed by atoms with Crippen LogP contribution in [0.4, 0.5) is 0 Å². The zero-order valence-corrected chi connectivity index (χ0v) is 16.4. The maximum Gasteiger partial charge on any atom is 0.0562 e. The largest absolute Gasteiger partial charge is 0.0830 e. The molecule has 3 aromatic rings. The van der Waals surface area contributed by atoms with Crippen molar-refractivity contribution in [3.63, 3.8) is 0 Å². The molecule has 1 heteroatoms. The van der Waals surface area contributed by atoms with Crippen molar-refractivity contribution in [3.8, 4) is 11.1 Å². The number of fused-ring (bicyclic) bond motifs is 1. The van der Waals surface area contributed by atoms with Gasteiger partial charge in [-0.3, -0.25) is 0 Å². The summed E-state index contributed by atoms with van der Waals surface area (Å²) in [4.78, 5) is 0. The van der Waals surface area contributed by atoms with Gasteiger partial charge in [-0.15, -0.1) is 0 Å². The molecule has 0 saturated heterocycles. The van der Waals surface area contributed by atoms with Gasteiger partial charge in [-0.05, 0) is 78.2 Å². The monoisotopic (exact) mass is 372 g/mol. The minimum absolute atomic E-state index is 0.473. The predicted molar refractivity (Wildman–Crippen MR) is 114 cm³/mol. The van der Waals surface area contributed by atoms with Gasteiger partial charge in [0.1, 0.15) is 0 Å². The smallest absolute Gasteiger partial charge is 0.0562 e. The molecule has 0 N–H and O–H groups in total. The molecule has 136 valence electrons. The van der Waals surface area contributed by atoms with Gasteiger partial charge in [0.25, 0.3) is 0 Å². The summed E-state index contributed by atoms with van der Waals surface area (Å²) in [6.07, 6.45) is 8.79. The first-order valence-electron chi connectivity index (χ1n) is 10.5. The first-order valence-corrected chi connectivity index (χ1v) is 10.9. The van der Waals surface area contributed by atoms with Gasteiger partial charge in [0, 0.05) is 10.9 Å². The standard InChI is InChI=1S/C26H25Cl/c27-25-23-4-2-1-3-20(23)7-10-24(25)21-5-8-22(9-6-21)26-14-17-11-18(15-26)13-19(12-17)16-26/h1-10,17-19H,11-16H2. The van der Waals surface area contributed by atoms with Crippen molar-refractivity contribution in [2.75, 3.05) is 0 Å². The van der Waals surface area contributed by atoms with Gasteiger partial charge in [0.15, 0.2) is 0 Å². The van der Waals surface area contributed by atoms with E-state index in [0.29, 0.717) is 5.41 Å². The second kappa shape index (κ2) is 5.85. The Morgan fingerprint density at radius 1 is 0.704 bits per heavy atom. The highest BCUT2D eigenvalue weighted by Crippen LogP contribution is 2.60. The van der Waals surface area contributed by atoms with E-state index < -0.39 is 0 Å². The van der Waals surface area contributed by atoms with Gasteiger partial charge >= 0.3 is 0 Å². The van der Waals surface area contributed by atoms with Crippen LogP contribution in [-0.2, 0) is 5.41 Å². The van der Waals surface area contributed by atoms with Crippen LogP contribution in [0.3, 0.4) is 0 Å². The lowest BCUT2D eigenvalue weighted by Gasteiger charge is -2.57. The minimum Gasteiger partial charge on any atom is -0.0830 e. The van der Waals surface area contributed by atoms with E-state index in [2.05, 4.69) is 60.7 Å². The second-order valence-corrected chi connectivity index (χ2v) is 9.80. The summed E-state index contributed by atoms with van der Waals surface area (Å²) >= 11 is 6.77. The number of halogens is 1. The molecule has 27 heavy (non-hydrogen) atoms. The summed E-state index contributed by atoms with van der Waals surface area (Å²) in [5.74, 6) is 2.97. The fourth-order valence-corrected chi connectivity index (χ4v) is 7.27. The molecule has 7 rings (SSSR count). The number of rotatable bonds is 2. The summed E-state index contributed by atoms with van der Waals surface area (Å²) in [7, 11) is 0. The highest BCUT2D eigenvalue weighted by molar-refractivity contribution is 6.38. The quantitative estimate of drug-likeness (QED) is 0.433. The number of hydrogen-bond donors (Lipinski definition) is 0. The fourth-order valence-electron chi connectivity index (χ4n) is 6.92. The third-order valence-electron chi connectivity index (χ3n) is 7.71. The van der Waals surface area contributed by atoms with E-state index in [9.17, 15) is 0 Å². The van der Waals surface area contributed by atoms with Crippen LogP contribution in [0.25, 0.3) is 21.9 Å². The zero-order valence-electron chi connectivity index (χ0n) is 15.6. The summed E-state index contributed by atoms with van der Waals surface area (Å²) in [5, 5.41) is 3.22. The molecule has 0 atom stereocenters. The fraction of sp³-hybridized carbons (Fsp3) is 0.385. The normalized spacial score (nSPS) is 31.5. The average Bonchev–Trinajstić information content (AvgIpc) is 2.68. The Balaban J connectivity index is 1.38. The molecule has 3 aromatic carbocycles. The van der Waals surface area contributed by atoms with E-state index in [4.69, 9.17) is 11.6 Å². The Morgan fingerprint density at radius 2 is 1.33 bits per heavy atom. The molecular formula is C26H25Cl. The van der Waals surface area contributed by atoms with E-state index in [1.807, 2.05) is 0 Å². The van der Waals surface area contributed by atoms with Crippen molar-refractivity contribution in [1.29, 1.82) is 0 Å². The maximum absolute atomic E-state index is 6.77. The van der Waals surface area contributed by atoms with E-state index in [-0.39, 0.29) is 0 Å². The molecule has 0 heterocycles. The van der Waals surface area contributed by atoms with E-state index in [1.54, 1.807) is 5.56 Å². The van der Waals surface area contributed by atoms with Gasteiger partial charge in [-0.25, -0.2) is 0 Å². The molecule has 4 fully saturated rings. The summed E-state index contributed by atoms with van der Waals surface area (Å²) in [6.45, 7) is 0. The lowest BCUT2D eigenvalue weighted by Crippen LogP contribution is -2.48. The van der Waals surface area contributed by atoms with Crippen molar-refractivity contribution >= 4 is 22.4 Å². The first kappa shape index (κ1) is 16.2. The van der Waals surface area contributed by atoms with Gasteiger partial charge in [-0.1, -0.05) is 72.3 Å². The third kappa shape index (κ3) is 2.49. The Bertz CT molecular complexity index is 979. The molecular weight excluding hydrogens is 348 g/mol. The highest BCUT2D eigenvalue weighted by Gasteiger charge is 2.51. The van der Waals surface area contributed by atoms with Crippen molar-refractivity contribution in [2.45, 2.75) is 43.9 Å². The predicted octanol–water partition coefficient (Wildman–Crippen LogP) is 7.63. The average molecular weight is 373 g/mol. The lowest BCUT2D eigenvalue weighted by atomic mass is 9.48. The summed E-state index contributed by atoms with van der Waals surface area (Å²) in [6, 6.07) is 22.2. The first-order chi connectivity index (χ1) is 13.2. The molecule has 4 aliphatic rings. The van der Waals surface area contributed by atoms with Crippen LogP contribution < -0.4 is 0 Å². The van der Waals surface area contributed by atoms with Gasteiger partial charge in [0.05, 0.1) is 5.02 Å². The van der Waals surface area contributed by atoms with Crippen molar-refractivity contribution in [1.82, 2.24) is 0 Å². The van der Waals surface area contributed by atoms with Gasteiger partial charge in [0.2, 0.25) is 0 Å². The second-order valence-electron chi connectivity index (χ2n) is 9.42. The molecule has 4 saturated carbocycles. The molecule has 0 aliphatic heterocycles. The molecule has 0 radical (unpaired) electrons. The molecule has 0 spiro atoms. The Kier molecular flexibility index (Phi) is 3.51. The Labute approximate surface area is 166 Å². The van der Waals surface area contributed by atoms with E-state index in [0.717, 1.165) is 33.7 Å². The lowest BCUT2D eigenvalue weighted by molar-refractivity contribution is -0.00518. The minimum atomic E-state index is 0.473. The van der Waals surface area contributed by atoms with Crippen LogP contribution in [0.2, 0.25) is 5.02 Å². The Hall–Kier alpha value is -1.79. The van der Waals surface area contributed by atoms with Crippen LogP contribution >= 0.6 is 11.6 Å². The maximum atomic E-state index is 6.77. The van der Waals surface area contributed by atoms with Crippen LogP contribution in [-0.4, -0.2) is 0 Å². The van der Waals surface area contributed by atoms with Crippen LogP contribution in [0.5, 0.6) is 0 Å². The molecule has 4 aliphatic carbocycles. The molecule has 0 nitrogen and oxygen atoms in total. The van der Waals surface area contributed by atoms with Crippen molar-refractivity contribution in [3.05, 3.63) is 71.2 Å². The summed E-state index contributed by atoms with van der Waals surface area (Å²) < 4.78 is 0. The Morgan fingerprint density at radius 3 is 2.00 bits per heavy atom. The highest BCUT2D eigenvalue weighted by atomic mass is 35.5. The molecule has 0 unspecified atom stereocenters. The SMILES string of the molecule is Clc1c(-c2ccc(C34CC5CC(CC(C5)C3)C4)cc2)ccc2ccccc12. The van der Waals surface area contributed by atoms with Crippen LogP contribution in [0, 0.1) is 17.8 Å². The van der Waals surface area contributed by atoms with Crippen molar-refractivity contribution in [2.24, 2.45) is 17.8 Å². The number of hydrogen-bond acceptors (Lipinski definition) is 0. The van der Waals surface area contributed by atoms with Gasteiger partial charge in [-0.2, -0.15) is 0 Å². The summed E-state index contributed by atoms with van der Waals surface area (Å²) in [5.41, 5.74) is 4.44. The van der Waals surface area contributed by atoms with E-state index >= 15 is 0 Å².